The van der Waals surface area contributed by atoms with Crippen molar-refractivity contribution in [2.45, 2.75) is 25.9 Å². The summed E-state index contributed by atoms with van der Waals surface area (Å²) in [5, 5.41) is 17.5. The first-order chi connectivity index (χ1) is 9.56. The van der Waals surface area contributed by atoms with E-state index in [1.165, 1.54) is 29.4 Å². The molecule has 20 heavy (non-hydrogen) atoms. The number of nitrogens with zero attached hydrogens (tertiary/aromatic N) is 4. The first kappa shape index (κ1) is 14.1. The summed E-state index contributed by atoms with van der Waals surface area (Å²) in [5.41, 5.74) is -0.00582. The van der Waals surface area contributed by atoms with Crippen molar-refractivity contribution in [1.29, 1.82) is 0 Å². The van der Waals surface area contributed by atoms with E-state index >= 15 is 0 Å². The average molecular weight is 295 g/mol. The Bertz CT molecular complexity index is 595. The molecule has 2 heterocycles. The van der Waals surface area contributed by atoms with Gasteiger partial charge < -0.3 is 10.4 Å². The Morgan fingerprint density at radius 2 is 2.35 bits per heavy atom. The summed E-state index contributed by atoms with van der Waals surface area (Å²) >= 11 is 1.21. The van der Waals surface area contributed by atoms with Gasteiger partial charge in [-0.1, -0.05) is 0 Å². The third-order valence-corrected chi connectivity index (χ3v) is 3.55. The highest BCUT2D eigenvalue weighted by atomic mass is 32.1. The molecule has 0 saturated heterocycles. The fraction of sp³-hybridized carbons (Fsp3) is 0.364. The van der Waals surface area contributed by atoms with Crippen LogP contribution >= 0.6 is 11.3 Å². The Labute approximate surface area is 118 Å². The van der Waals surface area contributed by atoms with E-state index in [1.54, 1.807) is 11.6 Å². The van der Waals surface area contributed by atoms with Crippen LogP contribution in [0.25, 0.3) is 0 Å². The van der Waals surface area contributed by atoms with Crippen LogP contribution in [0.3, 0.4) is 0 Å². The molecule has 106 valence electrons. The molecule has 0 bridgehead atoms. The number of hydrogen-bond donors (Lipinski definition) is 2. The Morgan fingerprint density at radius 1 is 1.55 bits per heavy atom. The van der Waals surface area contributed by atoms with E-state index in [2.05, 4.69) is 20.4 Å². The lowest BCUT2D eigenvalue weighted by atomic mass is 10.3. The maximum absolute atomic E-state index is 11.8. The number of aryl methyl sites for hydroxylation is 1. The molecule has 9 heteroatoms. The van der Waals surface area contributed by atoms with Crippen molar-refractivity contribution in [3.63, 3.8) is 0 Å². The number of nitrogens with one attached hydrogen (secondary N) is 1. The van der Waals surface area contributed by atoms with E-state index in [-0.39, 0.29) is 24.1 Å². The van der Waals surface area contributed by atoms with Crippen LogP contribution in [0.2, 0.25) is 0 Å². The lowest BCUT2D eigenvalue weighted by Crippen LogP contribution is -2.27. The van der Waals surface area contributed by atoms with E-state index in [9.17, 15) is 9.59 Å². The van der Waals surface area contributed by atoms with E-state index in [0.717, 1.165) is 0 Å². The van der Waals surface area contributed by atoms with Crippen molar-refractivity contribution in [2.24, 2.45) is 0 Å². The minimum Gasteiger partial charge on any atom is -0.476 e. The molecule has 0 aliphatic carbocycles. The maximum atomic E-state index is 11.8. The molecule has 2 aromatic heterocycles. The van der Waals surface area contributed by atoms with Gasteiger partial charge >= 0.3 is 5.97 Å². The molecule has 2 aromatic rings. The molecule has 2 rings (SSSR count). The molecule has 0 radical (unpaired) electrons. The molecular weight excluding hydrogens is 282 g/mol. The third kappa shape index (κ3) is 3.60. The third-order valence-electron chi connectivity index (χ3n) is 2.52. The summed E-state index contributed by atoms with van der Waals surface area (Å²) in [6.07, 6.45) is 3.21. The van der Waals surface area contributed by atoms with Crippen LogP contribution in [0.15, 0.2) is 18.0 Å². The molecule has 0 aromatic carbocycles. The number of rotatable bonds is 6. The number of hydrogen-bond acceptors (Lipinski definition) is 6. The van der Waals surface area contributed by atoms with Crippen LogP contribution in [0.5, 0.6) is 0 Å². The number of aromatic carboxylic acids is 1. The van der Waals surface area contributed by atoms with Gasteiger partial charge in [-0.15, -0.1) is 11.3 Å². The molecule has 0 fully saturated rings. The predicted octanol–water partition coefficient (Wildman–Crippen LogP) is 0.700. The van der Waals surface area contributed by atoms with Gasteiger partial charge in [0.05, 0.1) is 12.6 Å². The molecular formula is C11H13N5O3S. The quantitative estimate of drug-likeness (QED) is 0.811. The van der Waals surface area contributed by atoms with Gasteiger partial charge in [0.25, 0.3) is 0 Å². The Morgan fingerprint density at radius 3 is 2.95 bits per heavy atom. The van der Waals surface area contributed by atoms with Gasteiger partial charge in [-0.05, 0) is 6.92 Å². The highest BCUT2D eigenvalue weighted by Gasteiger charge is 2.15. The minimum atomic E-state index is -1.07. The van der Waals surface area contributed by atoms with Gasteiger partial charge in [0.2, 0.25) is 5.91 Å². The number of aromatic nitrogens is 4. The van der Waals surface area contributed by atoms with Crippen LogP contribution in [-0.2, 0) is 11.3 Å². The zero-order chi connectivity index (χ0) is 14.5. The van der Waals surface area contributed by atoms with Crippen molar-refractivity contribution in [3.05, 3.63) is 28.7 Å². The van der Waals surface area contributed by atoms with Gasteiger partial charge in [-0.25, -0.2) is 14.8 Å². The zero-order valence-corrected chi connectivity index (χ0v) is 11.5. The molecule has 2 N–H and O–H groups in total. The Kier molecular flexibility index (Phi) is 4.41. The van der Waals surface area contributed by atoms with Gasteiger partial charge in [0.1, 0.15) is 17.7 Å². The molecule has 0 saturated carbocycles. The largest absolute Gasteiger partial charge is 0.476 e. The summed E-state index contributed by atoms with van der Waals surface area (Å²) in [6.45, 7) is 2.20. The highest BCUT2D eigenvalue weighted by Crippen LogP contribution is 2.18. The first-order valence-corrected chi connectivity index (χ1v) is 6.74. The first-order valence-electron chi connectivity index (χ1n) is 5.86. The molecule has 8 nitrogen and oxygen atoms in total. The number of carboxylic acids is 1. The topological polar surface area (TPSA) is 110 Å². The van der Waals surface area contributed by atoms with Crippen molar-refractivity contribution in [1.82, 2.24) is 25.1 Å². The van der Waals surface area contributed by atoms with Crippen LogP contribution in [0.4, 0.5) is 0 Å². The number of carboxylic acid groups (broad SMARTS) is 1. The number of carbonyl (C=O) groups is 2. The molecule has 0 aliphatic heterocycles. The fourth-order valence-electron chi connectivity index (χ4n) is 1.52. The number of carbonyl (C=O) groups excluding carboxylic acids is 1. The van der Waals surface area contributed by atoms with Gasteiger partial charge in [-0.2, -0.15) is 5.10 Å². The summed E-state index contributed by atoms with van der Waals surface area (Å²) in [6, 6.07) is -0.323. The van der Waals surface area contributed by atoms with Crippen molar-refractivity contribution in [3.8, 4) is 0 Å². The average Bonchev–Trinajstić information content (AvgIpc) is 3.07. The molecule has 1 atom stereocenters. The summed E-state index contributed by atoms with van der Waals surface area (Å²) in [7, 11) is 0. The molecule has 0 spiro atoms. The van der Waals surface area contributed by atoms with Crippen molar-refractivity contribution >= 4 is 23.2 Å². The second-order valence-corrected chi connectivity index (χ2v) is 4.96. The lowest BCUT2D eigenvalue weighted by molar-refractivity contribution is -0.122. The van der Waals surface area contributed by atoms with Crippen LogP contribution in [-0.4, -0.2) is 36.7 Å². The van der Waals surface area contributed by atoms with Gasteiger partial charge in [0.15, 0.2) is 5.69 Å². The second-order valence-electron chi connectivity index (χ2n) is 4.07. The zero-order valence-electron chi connectivity index (χ0n) is 10.7. The lowest BCUT2D eigenvalue weighted by Gasteiger charge is -2.10. The van der Waals surface area contributed by atoms with Crippen LogP contribution in [0, 0.1) is 0 Å². The summed E-state index contributed by atoms with van der Waals surface area (Å²) < 4.78 is 1.57. The second kappa shape index (κ2) is 6.24. The maximum Gasteiger partial charge on any atom is 0.355 e. The minimum absolute atomic E-state index is 0.00582. The van der Waals surface area contributed by atoms with E-state index in [1.807, 2.05) is 0 Å². The number of amides is 1. The predicted molar refractivity (Wildman–Crippen MR) is 70.3 cm³/mol. The highest BCUT2D eigenvalue weighted by molar-refractivity contribution is 7.09. The summed E-state index contributed by atoms with van der Waals surface area (Å²) in [4.78, 5) is 30.2. The van der Waals surface area contributed by atoms with E-state index < -0.39 is 5.97 Å². The number of thiazole rings is 1. The smallest absolute Gasteiger partial charge is 0.355 e. The van der Waals surface area contributed by atoms with E-state index in [0.29, 0.717) is 11.6 Å². The SMILES string of the molecule is CC(NC(=O)CCn1cncn1)c1nc(C(=O)O)cs1. The molecule has 1 amide bonds. The summed E-state index contributed by atoms with van der Waals surface area (Å²) in [5.74, 6) is -1.22. The molecule has 1 unspecified atom stereocenters. The monoisotopic (exact) mass is 295 g/mol. The normalized spacial score (nSPS) is 12.1. The van der Waals surface area contributed by atoms with E-state index in [4.69, 9.17) is 5.11 Å². The molecule has 0 aliphatic rings. The van der Waals surface area contributed by atoms with Gasteiger partial charge in [0, 0.05) is 11.8 Å². The van der Waals surface area contributed by atoms with Crippen molar-refractivity contribution in [2.75, 3.05) is 0 Å². The van der Waals surface area contributed by atoms with Gasteiger partial charge in [-0.3, -0.25) is 9.48 Å². The van der Waals surface area contributed by atoms with Crippen LogP contribution in [0.1, 0.15) is 34.9 Å². The van der Waals surface area contributed by atoms with Crippen molar-refractivity contribution < 1.29 is 14.7 Å². The van der Waals surface area contributed by atoms with Crippen LogP contribution < -0.4 is 5.32 Å². The Balaban J connectivity index is 1.85. The fourth-order valence-corrected chi connectivity index (χ4v) is 2.32. The Hall–Kier alpha value is -2.29. The standard InChI is InChI=1S/C11H13N5O3S/c1-7(10-15-8(4-20-10)11(18)19)14-9(17)2-3-16-6-12-5-13-16/h4-7H,2-3H2,1H3,(H,14,17)(H,18,19).